The van der Waals surface area contributed by atoms with Crippen molar-refractivity contribution in [3.63, 3.8) is 0 Å². The van der Waals surface area contributed by atoms with Gasteiger partial charge < -0.3 is 14.4 Å². The van der Waals surface area contributed by atoms with Gasteiger partial charge in [0.2, 0.25) is 0 Å². The van der Waals surface area contributed by atoms with Gasteiger partial charge >= 0.3 is 0 Å². The zero-order chi connectivity index (χ0) is 29.5. The van der Waals surface area contributed by atoms with Crippen molar-refractivity contribution in [3.8, 4) is 0 Å². The van der Waals surface area contributed by atoms with Crippen molar-refractivity contribution in [1.29, 1.82) is 0 Å². The van der Waals surface area contributed by atoms with Crippen LogP contribution in [0.2, 0.25) is 0 Å². The second kappa shape index (κ2) is 11.4. The molecule has 0 N–H and O–H groups in total. The molecule has 1 aromatic heterocycles. The third-order valence-electron chi connectivity index (χ3n) is 9.48. The molecule has 0 radical (unpaired) electrons. The molecule has 7 nitrogen and oxygen atoms in total. The van der Waals surface area contributed by atoms with E-state index in [2.05, 4.69) is 4.90 Å². The molecule has 3 aromatic carbocycles. The van der Waals surface area contributed by atoms with E-state index in [-0.39, 0.29) is 30.1 Å². The lowest BCUT2D eigenvalue weighted by atomic mass is 9.89. The number of hydrogen-bond donors (Lipinski definition) is 0. The number of aromatic nitrogens is 1. The molecule has 220 valence electrons. The number of nitrogens with zero attached hydrogens (tertiary/aromatic N) is 4. The first kappa shape index (κ1) is 27.5. The highest BCUT2D eigenvalue weighted by Gasteiger charge is 2.35. The lowest BCUT2D eigenvalue weighted by Gasteiger charge is -2.33. The molecule has 0 unspecified atom stereocenters. The van der Waals surface area contributed by atoms with Crippen molar-refractivity contribution in [1.82, 2.24) is 19.3 Å². The Morgan fingerprint density at radius 3 is 2.23 bits per heavy atom. The van der Waals surface area contributed by atoms with E-state index in [1.165, 1.54) is 10.5 Å². The normalized spacial score (nSPS) is 19.5. The zero-order valence-electron chi connectivity index (χ0n) is 24.1. The minimum Gasteiger partial charge on any atom is -0.345 e. The van der Waals surface area contributed by atoms with E-state index in [1.807, 2.05) is 52.1 Å². The van der Waals surface area contributed by atoms with Crippen molar-refractivity contribution in [3.05, 3.63) is 107 Å². The highest BCUT2D eigenvalue weighted by atomic mass is 19.1. The molecule has 3 amide bonds. The third-order valence-corrected chi connectivity index (χ3v) is 9.48. The Labute approximate surface area is 250 Å². The Balaban J connectivity index is 0.983. The number of para-hydroxylation sites is 1. The quantitative estimate of drug-likeness (QED) is 0.275. The van der Waals surface area contributed by atoms with E-state index in [9.17, 15) is 18.8 Å². The van der Waals surface area contributed by atoms with Crippen molar-refractivity contribution >= 4 is 28.6 Å². The molecule has 1 atom stereocenters. The average molecular weight is 579 g/mol. The predicted octanol–water partition coefficient (Wildman–Crippen LogP) is 5.42. The molecule has 8 heteroatoms. The van der Waals surface area contributed by atoms with E-state index in [4.69, 9.17) is 0 Å². The molecule has 43 heavy (non-hydrogen) atoms. The number of carbonyl (C=O) groups is 3. The summed E-state index contributed by atoms with van der Waals surface area (Å²) in [5.41, 5.74) is 3.62. The van der Waals surface area contributed by atoms with Crippen LogP contribution in [0.3, 0.4) is 0 Å². The van der Waals surface area contributed by atoms with Crippen LogP contribution in [-0.4, -0.2) is 76.3 Å². The lowest BCUT2D eigenvalue weighted by molar-refractivity contribution is 0.0648. The maximum absolute atomic E-state index is 13.8. The maximum Gasteiger partial charge on any atom is 0.261 e. The first-order valence-corrected chi connectivity index (χ1v) is 15.3. The van der Waals surface area contributed by atoms with Crippen molar-refractivity contribution in [2.45, 2.75) is 31.7 Å². The van der Waals surface area contributed by atoms with Crippen LogP contribution in [0.5, 0.6) is 0 Å². The molecule has 3 aliphatic rings. The molecule has 0 spiro atoms. The van der Waals surface area contributed by atoms with E-state index >= 15 is 0 Å². The van der Waals surface area contributed by atoms with Gasteiger partial charge in [0.05, 0.1) is 22.2 Å². The number of piperidine rings is 1. The number of fused-ring (bicyclic) bond motifs is 2. The third kappa shape index (κ3) is 5.25. The molecule has 2 fully saturated rings. The van der Waals surface area contributed by atoms with Crippen molar-refractivity contribution in [2.75, 3.05) is 39.3 Å². The van der Waals surface area contributed by atoms with Crippen molar-refractivity contribution < 1.29 is 18.8 Å². The summed E-state index contributed by atoms with van der Waals surface area (Å²) in [6.07, 6.45) is 5.06. The number of carbonyl (C=O) groups excluding carboxylic acids is 3. The Morgan fingerprint density at radius 1 is 0.791 bits per heavy atom. The zero-order valence-corrected chi connectivity index (χ0v) is 24.1. The molecule has 4 heterocycles. The minimum atomic E-state index is -0.267. The van der Waals surface area contributed by atoms with Crippen LogP contribution in [0, 0.1) is 11.7 Å². The van der Waals surface area contributed by atoms with Gasteiger partial charge in [0.25, 0.3) is 17.7 Å². The molecule has 3 aliphatic heterocycles. The number of likely N-dealkylation sites (tertiary alicyclic amines) is 2. The highest BCUT2D eigenvalue weighted by Crippen LogP contribution is 2.30. The van der Waals surface area contributed by atoms with Crippen LogP contribution in [0.4, 0.5) is 4.39 Å². The second-order valence-electron chi connectivity index (χ2n) is 12.1. The number of amides is 3. The number of rotatable bonds is 7. The summed E-state index contributed by atoms with van der Waals surface area (Å²) in [7, 11) is 0. The summed E-state index contributed by atoms with van der Waals surface area (Å²) in [4.78, 5) is 45.4. The topological polar surface area (TPSA) is 65.9 Å². The summed E-state index contributed by atoms with van der Waals surface area (Å²) in [5.74, 6) is 0.224. The lowest BCUT2D eigenvalue weighted by Crippen LogP contribution is -2.38. The minimum absolute atomic E-state index is 0.0313. The molecule has 2 saturated heterocycles. The number of halogens is 1. The van der Waals surface area contributed by atoms with Crippen LogP contribution < -0.4 is 0 Å². The molecule has 4 aromatic rings. The van der Waals surface area contributed by atoms with E-state index in [0.717, 1.165) is 62.9 Å². The number of benzene rings is 3. The van der Waals surface area contributed by atoms with Gasteiger partial charge in [-0.3, -0.25) is 19.3 Å². The van der Waals surface area contributed by atoms with E-state index < -0.39 is 0 Å². The molecule has 0 saturated carbocycles. The van der Waals surface area contributed by atoms with Gasteiger partial charge in [-0.15, -0.1) is 0 Å². The highest BCUT2D eigenvalue weighted by molar-refractivity contribution is 6.21. The Kier molecular flexibility index (Phi) is 7.31. The first-order chi connectivity index (χ1) is 21.0. The molecular formula is C35H35FN4O3. The summed E-state index contributed by atoms with van der Waals surface area (Å²) >= 11 is 0. The van der Waals surface area contributed by atoms with Gasteiger partial charge in [0, 0.05) is 44.3 Å². The standard InChI is InChI=1S/C35H35FN4O3/c36-28-10-8-25(9-11-28)26-13-16-37(17-14-26)22-24-12-18-39(23-24)33(41)31-7-3-4-27-15-19-38(32(27)31)20-21-40-34(42)29-5-1-2-6-30(29)35(40)43/h1-11,15,19,24,26H,12-14,16-18,20-23H2/t24-/m1/s1. The monoisotopic (exact) mass is 578 g/mol. The maximum atomic E-state index is 13.8. The summed E-state index contributed by atoms with van der Waals surface area (Å²) in [5, 5.41) is 0.966. The van der Waals surface area contributed by atoms with E-state index in [0.29, 0.717) is 35.1 Å². The Hall–Kier alpha value is -4.30. The van der Waals surface area contributed by atoms with Crippen LogP contribution in [0.25, 0.3) is 10.9 Å². The van der Waals surface area contributed by atoms with Crippen LogP contribution in [0.1, 0.15) is 61.8 Å². The Bertz CT molecular complexity index is 1650. The predicted molar refractivity (Wildman–Crippen MR) is 163 cm³/mol. The van der Waals surface area contributed by atoms with Gasteiger partial charge in [-0.05, 0) is 86.1 Å². The molecule has 7 rings (SSSR count). The van der Waals surface area contributed by atoms with Gasteiger partial charge in [-0.25, -0.2) is 4.39 Å². The number of hydrogen-bond acceptors (Lipinski definition) is 4. The van der Waals surface area contributed by atoms with Gasteiger partial charge in [-0.2, -0.15) is 0 Å². The van der Waals surface area contributed by atoms with Crippen LogP contribution >= 0.6 is 0 Å². The van der Waals surface area contributed by atoms with Crippen molar-refractivity contribution in [2.24, 2.45) is 5.92 Å². The summed E-state index contributed by atoms with van der Waals surface area (Å²) in [6.45, 7) is 5.15. The summed E-state index contributed by atoms with van der Waals surface area (Å²) < 4.78 is 15.3. The van der Waals surface area contributed by atoms with Crippen LogP contribution in [0.15, 0.2) is 79.0 Å². The Morgan fingerprint density at radius 2 is 1.51 bits per heavy atom. The molecular weight excluding hydrogens is 543 g/mol. The fraction of sp³-hybridized carbons (Fsp3) is 0.343. The van der Waals surface area contributed by atoms with E-state index in [1.54, 1.807) is 36.4 Å². The summed E-state index contributed by atoms with van der Waals surface area (Å²) in [6, 6.07) is 21.6. The average Bonchev–Trinajstić information content (AvgIpc) is 3.74. The fourth-order valence-electron chi connectivity index (χ4n) is 7.16. The number of imide groups is 1. The SMILES string of the molecule is O=C(c1cccc2ccn(CCN3C(=O)c4ccccc4C3=O)c12)N1CC[C@H](CN2CCC(c3ccc(F)cc3)CC2)C1. The smallest absolute Gasteiger partial charge is 0.261 e. The fourth-order valence-corrected chi connectivity index (χ4v) is 7.16. The second-order valence-corrected chi connectivity index (χ2v) is 12.1. The van der Waals surface area contributed by atoms with Crippen LogP contribution in [-0.2, 0) is 6.54 Å². The van der Waals surface area contributed by atoms with Gasteiger partial charge in [0.15, 0.2) is 0 Å². The largest absolute Gasteiger partial charge is 0.345 e. The molecule has 0 bridgehead atoms. The molecule has 0 aliphatic carbocycles. The first-order valence-electron chi connectivity index (χ1n) is 15.3. The van der Waals surface area contributed by atoms with Gasteiger partial charge in [0.1, 0.15) is 5.82 Å². The van der Waals surface area contributed by atoms with Gasteiger partial charge in [-0.1, -0.05) is 36.4 Å².